The van der Waals surface area contributed by atoms with Crippen LogP contribution in [0.25, 0.3) is 0 Å². The van der Waals surface area contributed by atoms with E-state index in [0.717, 1.165) is 43.9 Å². The molecule has 0 aliphatic heterocycles. The Balaban J connectivity index is 2.18. The van der Waals surface area contributed by atoms with Crippen LogP contribution in [0, 0.1) is 11.7 Å². The van der Waals surface area contributed by atoms with E-state index in [1.165, 1.54) is 0 Å². The van der Waals surface area contributed by atoms with Gasteiger partial charge in [-0.05, 0) is 37.0 Å². The fourth-order valence-electron chi connectivity index (χ4n) is 2.48. The minimum Gasteiger partial charge on any atom is -0.478 e. The lowest BCUT2D eigenvalue weighted by Gasteiger charge is -2.13. The number of carbonyl (C=O) groups is 1. The molecule has 0 bridgehead atoms. The summed E-state index contributed by atoms with van der Waals surface area (Å²) in [5.74, 6) is -2.01. The second-order valence-electron chi connectivity index (χ2n) is 5.03. The summed E-state index contributed by atoms with van der Waals surface area (Å²) >= 11 is 0. The van der Waals surface area contributed by atoms with Crippen molar-refractivity contribution in [1.29, 1.82) is 0 Å². The van der Waals surface area contributed by atoms with Crippen LogP contribution in [0.3, 0.4) is 0 Å². The zero-order valence-electron chi connectivity index (χ0n) is 10.8. The number of carboxylic acid groups (broad SMARTS) is 1. The van der Waals surface area contributed by atoms with E-state index >= 15 is 0 Å². The van der Waals surface area contributed by atoms with Crippen LogP contribution in [0.2, 0.25) is 0 Å². The van der Waals surface area contributed by atoms with Crippen molar-refractivity contribution in [2.45, 2.75) is 25.7 Å². The largest absolute Gasteiger partial charge is 0.478 e. The third-order valence-corrected chi connectivity index (χ3v) is 4.85. The highest BCUT2D eigenvalue weighted by molar-refractivity contribution is 7.92. The van der Waals surface area contributed by atoms with Crippen LogP contribution in [0.4, 0.5) is 10.1 Å². The Morgan fingerprint density at radius 2 is 2.00 bits per heavy atom. The topological polar surface area (TPSA) is 83.5 Å². The summed E-state index contributed by atoms with van der Waals surface area (Å²) in [4.78, 5) is 11.0. The van der Waals surface area contributed by atoms with Gasteiger partial charge in [-0.15, -0.1) is 0 Å². The molecule has 0 saturated heterocycles. The van der Waals surface area contributed by atoms with Crippen LogP contribution < -0.4 is 4.72 Å². The van der Waals surface area contributed by atoms with Crippen LogP contribution in [0.1, 0.15) is 36.0 Å². The van der Waals surface area contributed by atoms with Gasteiger partial charge in [0.1, 0.15) is 5.82 Å². The van der Waals surface area contributed by atoms with Crippen molar-refractivity contribution in [2.24, 2.45) is 5.92 Å². The molecule has 7 heteroatoms. The minimum absolute atomic E-state index is 0.0244. The Morgan fingerprint density at radius 1 is 1.35 bits per heavy atom. The second kappa shape index (κ2) is 5.78. The number of sulfonamides is 1. The standard InChI is InChI=1S/C13H16FNO4S/c14-10-5-6-12(11(7-10)13(16)17)15-20(18,19)8-9-3-1-2-4-9/h5-7,9,15H,1-4,8H2,(H,16,17). The van der Waals surface area contributed by atoms with Crippen LogP contribution in [0.15, 0.2) is 18.2 Å². The van der Waals surface area contributed by atoms with E-state index in [4.69, 9.17) is 5.11 Å². The maximum Gasteiger partial charge on any atom is 0.337 e. The molecule has 1 saturated carbocycles. The molecular formula is C13H16FNO4S. The molecule has 5 nitrogen and oxygen atoms in total. The molecule has 0 heterocycles. The van der Waals surface area contributed by atoms with Gasteiger partial charge < -0.3 is 5.11 Å². The normalized spacial score (nSPS) is 16.2. The van der Waals surface area contributed by atoms with Gasteiger partial charge in [0, 0.05) is 0 Å². The number of benzene rings is 1. The molecule has 110 valence electrons. The summed E-state index contributed by atoms with van der Waals surface area (Å²) in [6, 6.07) is 2.96. The van der Waals surface area contributed by atoms with Gasteiger partial charge >= 0.3 is 5.97 Å². The maximum atomic E-state index is 13.0. The van der Waals surface area contributed by atoms with Crippen LogP contribution in [-0.4, -0.2) is 25.2 Å². The van der Waals surface area contributed by atoms with Gasteiger partial charge in [0.15, 0.2) is 0 Å². The van der Waals surface area contributed by atoms with Gasteiger partial charge in [0.25, 0.3) is 0 Å². The molecule has 1 aliphatic rings. The van der Waals surface area contributed by atoms with E-state index in [9.17, 15) is 17.6 Å². The lowest BCUT2D eigenvalue weighted by atomic mass is 10.1. The Labute approximate surface area is 116 Å². The number of carboxylic acids is 1. The predicted octanol–water partition coefficient (Wildman–Crippen LogP) is 2.46. The number of aromatic carboxylic acids is 1. The first-order valence-corrected chi connectivity index (χ1v) is 8.06. The minimum atomic E-state index is -3.62. The number of anilines is 1. The molecule has 0 aromatic heterocycles. The third-order valence-electron chi connectivity index (χ3n) is 3.41. The number of halogens is 1. The summed E-state index contributed by atoms with van der Waals surface area (Å²) in [5.41, 5.74) is -0.489. The SMILES string of the molecule is O=C(O)c1cc(F)ccc1NS(=O)(=O)CC1CCCC1. The predicted molar refractivity (Wildman–Crippen MR) is 72.7 cm³/mol. The zero-order valence-corrected chi connectivity index (χ0v) is 11.6. The molecule has 20 heavy (non-hydrogen) atoms. The molecule has 1 aliphatic carbocycles. The number of hydrogen-bond donors (Lipinski definition) is 2. The van der Waals surface area contributed by atoms with E-state index in [2.05, 4.69) is 4.72 Å². The van der Waals surface area contributed by atoms with Crippen molar-refractivity contribution in [3.63, 3.8) is 0 Å². The van der Waals surface area contributed by atoms with E-state index in [1.54, 1.807) is 0 Å². The molecule has 0 spiro atoms. The first-order valence-electron chi connectivity index (χ1n) is 6.41. The first kappa shape index (κ1) is 14.8. The molecule has 1 aromatic rings. The molecule has 0 atom stereocenters. The summed E-state index contributed by atoms with van der Waals surface area (Å²) in [7, 11) is -3.62. The fourth-order valence-corrected chi connectivity index (χ4v) is 4.03. The van der Waals surface area contributed by atoms with Gasteiger partial charge in [0.2, 0.25) is 10.0 Å². The highest BCUT2D eigenvalue weighted by Crippen LogP contribution is 2.27. The van der Waals surface area contributed by atoms with Crippen LogP contribution in [0.5, 0.6) is 0 Å². The Bertz CT molecular complexity index is 609. The van der Waals surface area contributed by atoms with E-state index in [-0.39, 0.29) is 22.9 Å². The van der Waals surface area contributed by atoms with Crippen LogP contribution >= 0.6 is 0 Å². The van der Waals surface area contributed by atoms with Crippen molar-refractivity contribution in [1.82, 2.24) is 0 Å². The quantitative estimate of drug-likeness (QED) is 0.875. The van der Waals surface area contributed by atoms with Gasteiger partial charge in [-0.2, -0.15) is 0 Å². The molecule has 0 unspecified atom stereocenters. The summed E-state index contributed by atoms with van der Waals surface area (Å²) < 4.78 is 39.3. The third kappa shape index (κ3) is 3.69. The average Bonchev–Trinajstić information content (AvgIpc) is 2.82. The maximum absolute atomic E-state index is 13.0. The second-order valence-corrected chi connectivity index (χ2v) is 6.80. The van der Waals surface area contributed by atoms with Crippen molar-refractivity contribution in [3.8, 4) is 0 Å². The van der Waals surface area contributed by atoms with Crippen molar-refractivity contribution in [2.75, 3.05) is 10.5 Å². The Morgan fingerprint density at radius 3 is 2.60 bits per heavy atom. The Hall–Kier alpha value is -1.63. The first-order chi connectivity index (χ1) is 9.37. The van der Waals surface area contributed by atoms with Crippen molar-refractivity contribution < 1.29 is 22.7 Å². The van der Waals surface area contributed by atoms with E-state index < -0.39 is 21.8 Å². The molecule has 1 aromatic carbocycles. The smallest absolute Gasteiger partial charge is 0.337 e. The van der Waals surface area contributed by atoms with Gasteiger partial charge in [-0.1, -0.05) is 12.8 Å². The van der Waals surface area contributed by atoms with Crippen molar-refractivity contribution in [3.05, 3.63) is 29.6 Å². The lowest BCUT2D eigenvalue weighted by Crippen LogP contribution is -2.22. The molecular weight excluding hydrogens is 285 g/mol. The number of nitrogens with one attached hydrogen (secondary N) is 1. The Kier molecular flexibility index (Phi) is 4.27. The van der Waals surface area contributed by atoms with E-state index in [0.29, 0.717) is 0 Å². The van der Waals surface area contributed by atoms with E-state index in [1.807, 2.05) is 0 Å². The molecule has 1 fully saturated rings. The molecule has 0 amide bonds. The lowest BCUT2D eigenvalue weighted by molar-refractivity contribution is 0.0697. The summed E-state index contributed by atoms with van der Waals surface area (Å²) in [5, 5.41) is 8.97. The fraction of sp³-hybridized carbons (Fsp3) is 0.462. The number of rotatable bonds is 5. The summed E-state index contributed by atoms with van der Waals surface area (Å²) in [6.07, 6.45) is 3.79. The average molecular weight is 301 g/mol. The van der Waals surface area contributed by atoms with Gasteiger partial charge in [-0.3, -0.25) is 4.72 Å². The molecule has 2 N–H and O–H groups in total. The zero-order chi connectivity index (χ0) is 14.8. The van der Waals surface area contributed by atoms with Crippen molar-refractivity contribution >= 4 is 21.7 Å². The van der Waals surface area contributed by atoms with Gasteiger partial charge in [-0.25, -0.2) is 17.6 Å². The van der Waals surface area contributed by atoms with Gasteiger partial charge in [0.05, 0.1) is 17.0 Å². The summed E-state index contributed by atoms with van der Waals surface area (Å²) in [6.45, 7) is 0. The highest BCUT2D eigenvalue weighted by Gasteiger charge is 2.24. The monoisotopic (exact) mass is 301 g/mol. The number of hydrogen-bond acceptors (Lipinski definition) is 3. The molecule has 0 radical (unpaired) electrons. The van der Waals surface area contributed by atoms with Crippen LogP contribution in [-0.2, 0) is 10.0 Å². The highest BCUT2D eigenvalue weighted by atomic mass is 32.2. The molecule has 2 rings (SSSR count).